The summed E-state index contributed by atoms with van der Waals surface area (Å²) in [6, 6.07) is 18.7. The molecule has 4 aromatic rings. The lowest BCUT2D eigenvalue weighted by atomic mass is 9.95. The molecule has 0 N–H and O–H groups in total. The van der Waals surface area contributed by atoms with Crippen molar-refractivity contribution in [1.82, 2.24) is 4.57 Å². The van der Waals surface area contributed by atoms with Crippen LogP contribution in [0.15, 0.2) is 92.3 Å². The van der Waals surface area contributed by atoms with E-state index in [1.165, 1.54) is 23.5 Å². The van der Waals surface area contributed by atoms with Gasteiger partial charge in [0.15, 0.2) is 4.80 Å². The van der Waals surface area contributed by atoms with Gasteiger partial charge in [0.25, 0.3) is 11.2 Å². The van der Waals surface area contributed by atoms with Crippen molar-refractivity contribution in [2.75, 3.05) is 25.6 Å². The van der Waals surface area contributed by atoms with Crippen molar-refractivity contribution in [1.29, 1.82) is 0 Å². The number of halogens is 1. The van der Waals surface area contributed by atoms with Gasteiger partial charge < -0.3 is 14.4 Å². The molecule has 3 aromatic carbocycles. The lowest BCUT2D eigenvalue weighted by molar-refractivity contribution is -0.384. The van der Waals surface area contributed by atoms with Gasteiger partial charge in [-0.2, -0.15) is 0 Å². The second kappa shape index (κ2) is 13.0. The number of benzene rings is 3. The van der Waals surface area contributed by atoms with Gasteiger partial charge in [0, 0.05) is 31.9 Å². The summed E-state index contributed by atoms with van der Waals surface area (Å²) in [6.07, 6.45) is 1.78. The molecule has 1 aliphatic rings. The molecule has 1 atom stereocenters. The number of rotatable bonds is 9. The van der Waals surface area contributed by atoms with Gasteiger partial charge in [-0.3, -0.25) is 19.5 Å². The number of carbonyl (C=O) groups excluding carboxylic acids is 1. The molecule has 1 aliphatic heterocycles. The molecule has 0 aliphatic carbocycles. The van der Waals surface area contributed by atoms with Crippen LogP contribution in [0.4, 0.5) is 11.4 Å². The summed E-state index contributed by atoms with van der Waals surface area (Å²) in [5, 5.41) is 10.9. The molecule has 0 spiro atoms. The Balaban J connectivity index is 1.48. The molecule has 0 saturated heterocycles. The molecule has 12 heteroatoms. The van der Waals surface area contributed by atoms with Gasteiger partial charge in [-0.15, -0.1) is 0 Å². The van der Waals surface area contributed by atoms with Crippen molar-refractivity contribution in [3.05, 3.63) is 129 Å². The number of fused-ring (bicyclic) bond motifs is 1. The van der Waals surface area contributed by atoms with Crippen LogP contribution in [0.1, 0.15) is 36.6 Å². The standard InChI is InChI=1S/C32H29BrN4O6S/c1-5-42-31(39)28-19(2)34-32-36(29(28)22-9-13-23(14-10-22)35(3)4)30(38)27(44-32)17-21-8-15-26(25(33)16-21)43-18-20-6-11-24(12-7-20)37(40)41/h6-17,29H,5,18H2,1-4H3/b27-17-/t29-/m0/s1. The fourth-order valence-corrected chi connectivity index (χ4v) is 6.37. The van der Waals surface area contributed by atoms with Gasteiger partial charge in [-0.25, -0.2) is 9.79 Å². The monoisotopic (exact) mass is 676 g/mol. The molecule has 226 valence electrons. The molecule has 0 fully saturated rings. The second-order valence-electron chi connectivity index (χ2n) is 10.2. The Morgan fingerprint density at radius 2 is 1.84 bits per heavy atom. The maximum absolute atomic E-state index is 13.9. The van der Waals surface area contributed by atoms with E-state index in [0.717, 1.165) is 22.4 Å². The minimum Gasteiger partial charge on any atom is -0.488 e. The topological polar surface area (TPSA) is 116 Å². The van der Waals surface area contributed by atoms with E-state index in [2.05, 4.69) is 20.9 Å². The zero-order valence-corrected chi connectivity index (χ0v) is 26.8. The summed E-state index contributed by atoms with van der Waals surface area (Å²) in [4.78, 5) is 44.6. The SMILES string of the molecule is CCOC(=O)C1=C(C)N=c2s/c(=C\c3ccc(OCc4ccc([N+](=O)[O-])cc4)c(Br)c3)c(=O)n2[C@H]1c1ccc(N(C)C)cc1. The van der Waals surface area contributed by atoms with E-state index in [9.17, 15) is 19.7 Å². The molecular weight excluding hydrogens is 648 g/mol. The molecule has 44 heavy (non-hydrogen) atoms. The molecule has 10 nitrogen and oxygen atoms in total. The smallest absolute Gasteiger partial charge is 0.338 e. The lowest BCUT2D eigenvalue weighted by Gasteiger charge is -2.25. The van der Waals surface area contributed by atoms with Gasteiger partial charge in [-0.1, -0.05) is 29.5 Å². The van der Waals surface area contributed by atoms with Crippen LogP contribution in [0.3, 0.4) is 0 Å². The fraction of sp³-hybridized carbons (Fsp3) is 0.219. The number of nitro benzene ring substituents is 1. The number of ether oxygens (including phenoxy) is 2. The summed E-state index contributed by atoms with van der Waals surface area (Å²) in [6.45, 7) is 3.94. The first-order valence-corrected chi connectivity index (χ1v) is 15.3. The molecule has 2 heterocycles. The minimum absolute atomic E-state index is 0.0189. The second-order valence-corrected chi connectivity index (χ2v) is 12.1. The molecule has 1 aromatic heterocycles. The van der Waals surface area contributed by atoms with Crippen LogP contribution in [0, 0.1) is 10.1 Å². The number of hydrogen-bond donors (Lipinski definition) is 0. The minimum atomic E-state index is -0.689. The van der Waals surface area contributed by atoms with E-state index < -0.39 is 16.9 Å². The highest BCUT2D eigenvalue weighted by molar-refractivity contribution is 9.10. The maximum atomic E-state index is 13.9. The van der Waals surface area contributed by atoms with Crippen LogP contribution in [-0.4, -0.2) is 36.2 Å². The van der Waals surface area contributed by atoms with Gasteiger partial charge in [0.2, 0.25) is 0 Å². The quantitative estimate of drug-likeness (QED) is 0.137. The number of thiazole rings is 1. The van der Waals surface area contributed by atoms with Gasteiger partial charge >= 0.3 is 5.97 Å². The van der Waals surface area contributed by atoms with Gasteiger partial charge in [0.05, 0.1) is 37.8 Å². The third-order valence-electron chi connectivity index (χ3n) is 7.04. The highest BCUT2D eigenvalue weighted by Crippen LogP contribution is 2.32. The molecule has 0 amide bonds. The third-order valence-corrected chi connectivity index (χ3v) is 8.64. The number of anilines is 1. The van der Waals surface area contributed by atoms with Crippen LogP contribution in [0.25, 0.3) is 6.08 Å². The highest BCUT2D eigenvalue weighted by Gasteiger charge is 2.33. The molecule has 0 saturated carbocycles. The summed E-state index contributed by atoms with van der Waals surface area (Å²) in [5.74, 6) is 0.0794. The Morgan fingerprint density at radius 3 is 2.45 bits per heavy atom. The van der Waals surface area contributed by atoms with Crippen LogP contribution in [-0.2, 0) is 16.1 Å². The summed E-state index contributed by atoms with van der Waals surface area (Å²) >= 11 is 4.80. The number of nitrogens with zero attached hydrogens (tertiary/aromatic N) is 4. The summed E-state index contributed by atoms with van der Waals surface area (Å²) in [5.41, 5.74) is 3.91. The number of hydrogen-bond acceptors (Lipinski definition) is 9. The average molecular weight is 678 g/mol. The number of nitro groups is 1. The number of carbonyl (C=O) groups is 1. The fourth-order valence-electron chi connectivity index (χ4n) is 4.81. The van der Waals surface area contributed by atoms with Crippen LogP contribution >= 0.6 is 27.3 Å². The van der Waals surface area contributed by atoms with Crippen molar-refractivity contribution in [3.63, 3.8) is 0 Å². The van der Waals surface area contributed by atoms with Crippen LogP contribution < -0.4 is 24.5 Å². The zero-order valence-electron chi connectivity index (χ0n) is 24.4. The van der Waals surface area contributed by atoms with E-state index >= 15 is 0 Å². The van der Waals surface area contributed by atoms with Crippen molar-refractivity contribution >= 4 is 50.7 Å². The van der Waals surface area contributed by atoms with Crippen molar-refractivity contribution in [2.24, 2.45) is 4.99 Å². The molecule has 0 bridgehead atoms. The average Bonchev–Trinajstić information content (AvgIpc) is 3.30. The van der Waals surface area contributed by atoms with Crippen molar-refractivity contribution in [2.45, 2.75) is 26.5 Å². The predicted molar refractivity (Wildman–Crippen MR) is 173 cm³/mol. The zero-order chi connectivity index (χ0) is 31.5. The Kier molecular flexibility index (Phi) is 9.12. The Hall–Kier alpha value is -4.55. The Labute approximate surface area is 265 Å². The van der Waals surface area contributed by atoms with Gasteiger partial charge in [0.1, 0.15) is 12.4 Å². The highest BCUT2D eigenvalue weighted by atomic mass is 79.9. The number of non-ortho nitro benzene ring substituents is 1. The largest absolute Gasteiger partial charge is 0.488 e. The molecule has 0 unspecified atom stereocenters. The van der Waals surface area contributed by atoms with E-state index in [0.29, 0.717) is 30.8 Å². The molecule has 5 rings (SSSR count). The van der Waals surface area contributed by atoms with E-state index in [1.807, 2.05) is 55.4 Å². The van der Waals surface area contributed by atoms with Crippen molar-refractivity contribution in [3.8, 4) is 5.75 Å². The Morgan fingerprint density at radius 1 is 1.14 bits per heavy atom. The Bertz CT molecular complexity index is 1950. The first-order valence-electron chi connectivity index (χ1n) is 13.7. The van der Waals surface area contributed by atoms with Crippen LogP contribution in [0.2, 0.25) is 0 Å². The molecule has 0 radical (unpaired) electrons. The van der Waals surface area contributed by atoms with E-state index in [4.69, 9.17) is 9.47 Å². The number of allylic oxidation sites excluding steroid dienone is 1. The van der Waals surface area contributed by atoms with Crippen molar-refractivity contribution < 1.29 is 19.2 Å². The number of aromatic nitrogens is 1. The first-order chi connectivity index (χ1) is 21.1. The summed E-state index contributed by atoms with van der Waals surface area (Å²) < 4.78 is 14.0. The molecular formula is C32H29BrN4O6S. The lowest BCUT2D eigenvalue weighted by Crippen LogP contribution is -2.39. The predicted octanol–water partition coefficient (Wildman–Crippen LogP) is 5.11. The van der Waals surface area contributed by atoms with E-state index in [-0.39, 0.29) is 24.5 Å². The van der Waals surface area contributed by atoms with Gasteiger partial charge in [-0.05, 0) is 88.9 Å². The summed E-state index contributed by atoms with van der Waals surface area (Å²) in [7, 11) is 3.89. The van der Waals surface area contributed by atoms with E-state index in [1.54, 1.807) is 42.7 Å². The third kappa shape index (κ3) is 6.36. The first kappa shape index (κ1) is 30.9. The van der Waals surface area contributed by atoms with Crippen LogP contribution in [0.5, 0.6) is 5.75 Å². The maximum Gasteiger partial charge on any atom is 0.338 e. The normalized spacial score (nSPS) is 14.6. The number of esters is 1.